The third-order valence-corrected chi connectivity index (χ3v) is 2.03. The summed E-state index contributed by atoms with van der Waals surface area (Å²) in [6.07, 6.45) is 5.59. The van der Waals surface area contributed by atoms with E-state index in [9.17, 15) is 0 Å². The van der Waals surface area contributed by atoms with Gasteiger partial charge in [-0.1, -0.05) is 18.2 Å². The second-order valence-electron chi connectivity index (χ2n) is 3.09. The van der Waals surface area contributed by atoms with E-state index in [1.807, 2.05) is 30.7 Å². The first-order valence-corrected chi connectivity index (χ1v) is 4.70. The van der Waals surface area contributed by atoms with Crippen LogP contribution in [0.15, 0.2) is 49.1 Å². The SMILES string of the molecule is c1ccc(NCCn2ccnc2)cc1. The van der Waals surface area contributed by atoms with Crippen LogP contribution in [0, 0.1) is 0 Å². The molecule has 1 heterocycles. The van der Waals surface area contributed by atoms with Crippen molar-refractivity contribution in [2.24, 2.45) is 0 Å². The van der Waals surface area contributed by atoms with E-state index in [-0.39, 0.29) is 0 Å². The molecule has 2 aromatic rings. The van der Waals surface area contributed by atoms with E-state index in [1.54, 1.807) is 6.20 Å². The van der Waals surface area contributed by atoms with Gasteiger partial charge < -0.3 is 9.88 Å². The van der Waals surface area contributed by atoms with Crippen LogP contribution in [-0.4, -0.2) is 16.1 Å². The van der Waals surface area contributed by atoms with Crippen molar-refractivity contribution in [2.45, 2.75) is 6.54 Å². The lowest BCUT2D eigenvalue weighted by Crippen LogP contribution is -2.08. The van der Waals surface area contributed by atoms with Gasteiger partial charge in [-0.3, -0.25) is 0 Å². The number of imidazole rings is 1. The maximum Gasteiger partial charge on any atom is 0.0946 e. The standard InChI is InChI=1S/C11H13N3/c1-2-4-11(5-3-1)13-7-9-14-8-6-12-10-14/h1-6,8,10,13H,7,9H2. The molecule has 3 nitrogen and oxygen atoms in total. The molecule has 1 N–H and O–H groups in total. The van der Waals surface area contributed by atoms with Gasteiger partial charge in [0.25, 0.3) is 0 Å². The van der Waals surface area contributed by atoms with E-state index >= 15 is 0 Å². The Morgan fingerprint density at radius 2 is 2.07 bits per heavy atom. The Balaban J connectivity index is 1.79. The summed E-state index contributed by atoms with van der Waals surface area (Å²) in [7, 11) is 0. The molecule has 2 rings (SSSR count). The smallest absolute Gasteiger partial charge is 0.0946 e. The largest absolute Gasteiger partial charge is 0.383 e. The van der Waals surface area contributed by atoms with Crippen LogP contribution in [0.25, 0.3) is 0 Å². The Hall–Kier alpha value is -1.77. The number of anilines is 1. The number of rotatable bonds is 4. The zero-order valence-electron chi connectivity index (χ0n) is 7.93. The summed E-state index contributed by atoms with van der Waals surface area (Å²) in [5, 5.41) is 3.33. The third-order valence-electron chi connectivity index (χ3n) is 2.03. The zero-order chi connectivity index (χ0) is 9.64. The van der Waals surface area contributed by atoms with E-state index in [0.717, 1.165) is 18.8 Å². The number of nitrogens with one attached hydrogen (secondary N) is 1. The van der Waals surface area contributed by atoms with Crippen LogP contribution in [0.3, 0.4) is 0 Å². The maximum absolute atomic E-state index is 3.98. The average Bonchev–Trinajstić information content (AvgIpc) is 2.72. The van der Waals surface area contributed by atoms with Crippen molar-refractivity contribution in [3.63, 3.8) is 0 Å². The highest BCUT2D eigenvalue weighted by molar-refractivity contribution is 5.42. The number of hydrogen-bond donors (Lipinski definition) is 1. The van der Waals surface area contributed by atoms with Crippen molar-refractivity contribution in [2.75, 3.05) is 11.9 Å². The highest BCUT2D eigenvalue weighted by atomic mass is 15.0. The van der Waals surface area contributed by atoms with E-state index in [1.165, 1.54) is 0 Å². The lowest BCUT2D eigenvalue weighted by molar-refractivity contribution is 0.727. The molecule has 0 bridgehead atoms. The van der Waals surface area contributed by atoms with Crippen LogP contribution in [0.4, 0.5) is 5.69 Å². The predicted octanol–water partition coefficient (Wildman–Crippen LogP) is 2.00. The fourth-order valence-electron chi connectivity index (χ4n) is 1.30. The average molecular weight is 187 g/mol. The van der Waals surface area contributed by atoms with Gasteiger partial charge in [0, 0.05) is 31.2 Å². The number of benzene rings is 1. The molecule has 0 aliphatic heterocycles. The molecule has 0 saturated heterocycles. The molecule has 3 heteroatoms. The normalized spacial score (nSPS) is 10.0. The molecule has 1 aromatic heterocycles. The molecule has 14 heavy (non-hydrogen) atoms. The lowest BCUT2D eigenvalue weighted by Gasteiger charge is -2.05. The minimum atomic E-state index is 0.917. The summed E-state index contributed by atoms with van der Waals surface area (Å²) in [6.45, 7) is 1.86. The van der Waals surface area contributed by atoms with Crippen LogP contribution >= 0.6 is 0 Å². The Morgan fingerprint density at radius 1 is 1.21 bits per heavy atom. The van der Waals surface area contributed by atoms with Gasteiger partial charge in [0.2, 0.25) is 0 Å². The van der Waals surface area contributed by atoms with Gasteiger partial charge in [-0.05, 0) is 12.1 Å². The molecule has 0 spiro atoms. The summed E-state index contributed by atoms with van der Waals surface area (Å²) in [4.78, 5) is 3.98. The number of aromatic nitrogens is 2. The molecule has 1 aromatic carbocycles. The van der Waals surface area contributed by atoms with Crippen molar-refractivity contribution in [3.05, 3.63) is 49.1 Å². The van der Waals surface area contributed by atoms with Gasteiger partial charge in [0.15, 0.2) is 0 Å². The topological polar surface area (TPSA) is 29.9 Å². The molecule has 0 aliphatic carbocycles. The van der Waals surface area contributed by atoms with Crippen LogP contribution < -0.4 is 5.32 Å². The fraction of sp³-hybridized carbons (Fsp3) is 0.182. The number of para-hydroxylation sites is 1. The van der Waals surface area contributed by atoms with Gasteiger partial charge in [-0.2, -0.15) is 0 Å². The van der Waals surface area contributed by atoms with E-state index in [0.29, 0.717) is 0 Å². The molecular formula is C11H13N3. The Morgan fingerprint density at radius 3 is 2.79 bits per heavy atom. The molecule has 0 fully saturated rings. The molecule has 0 aliphatic rings. The summed E-state index contributed by atoms with van der Waals surface area (Å²) in [6, 6.07) is 10.2. The summed E-state index contributed by atoms with van der Waals surface area (Å²) < 4.78 is 2.05. The number of hydrogen-bond acceptors (Lipinski definition) is 2. The molecular weight excluding hydrogens is 174 g/mol. The monoisotopic (exact) mass is 187 g/mol. The quantitative estimate of drug-likeness (QED) is 0.793. The molecule has 0 saturated carbocycles. The van der Waals surface area contributed by atoms with Gasteiger partial charge in [0.1, 0.15) is 0 Å². The first-order chi connectivity index (χ1) is 6.95. The Labute approximate surface area is 83.4 Å². The van der Waals surface area contributed by atoms with Gasteiger partial charge in [-0.25, -0.2) is 4.98 Å². The van der Waals surface area contributed by atoms with Crippen LogP contribution in [0.2, 0.25) is 0 Å². The first-order valence-electron chi connectivity index (χ1n) is 4.70. The van der Waals surface area contributed by atoms with Crippen LogP contribution in [0.5, 0.6) is 0 Å². The molecule has 0 unspecified atom stereocenters. The third kappa shape index (κ3) is 2.36. The van der Waals surface area contributed by atoms with Crippen molar-refractivity contribution in [1.82, 2.24) is 9.55 Å². The van der Waals surface area contributed by atoms with Crippen molar-refractivity contribution in [3.8, 4) is 0 Å². The second kappa shape index (κ2) is 4.46. The van der Waals surface area contributed by atoms with E-state index in [2.05, 4.69) is 27.0 Å². The Kier molecular flexibility index (Phi) is 2.81. The molecule has 0 radical (unpaired) electrons. The van der Waals surface area contributed by atoms with Crippen molar-refractivity contribution < 1.29 is 0 Å². The van der Waals surface area contributed by atoms with Crippen molar-refractivity contribution in [1.29, 1.82) is 0 Å². The lowest BCUT2D eigenvalue weighted by atomic mass is 10.3. The maximum atomic E-state index is 3.98. The van der Waals surface area contributed by atoms with Gasteiger partial charge in [-0.15, -0.1) is 0 Å². The van der Waals surface area contributed by atoms with E-state index in [4.69, 9.17) is 0 Å². The highest BCUT2D eigenvalue weighted by Gasteiger charge is 1.90. The summed E-state index contributed by atoms with van der Waals surface area (Å²) >= 11 is 0. The molecule has 72 valence electrons. The minimum Gasteiger partial charge on any atom is -0.383 e. The van der Waals surface area contributed by atoms with Gasteiger partial charge >= 0.3 is 0 Å². The van der Waals surface area contributed by atoms with Crippen LogP contribution in [-0.2, 0) is 6.54 Å². The van der Waals surface area contributed by atoms with E-state index < -0.39 is 0 Å². The first kappa shape index (κ1) is 8.81. The number of nitrogens with zero attached hydrogens (tertiary/aromatic N) is 2. The highest BCUT2D eigenvalue weighted by Crippen LogP contribution is 2.03. The zero-order valence-corrected chi connectivity index (χ0v) is 7.93. The Bertz CT molecular complexity index is 353. The molecule has 0 atom stereocenters. The van der Waals surface area contributed by atoms with Crippen molar-refractivity contribution >= 4 is 5.69 Å². The molecule has 0 amide bonds. The predicted molar refractivity (Wildman–Crippen MR) is 57.2 cm³/mol. The summed E-state index contributed by atoms with van der Waals surface area (Å²) in [5.41, 5.74) is 1.16. The van der Waals surface area contributed by atoms with Gasteiger partial charge in [0.05, 0.1) is 6.33 Å². The fourth-order valence-corrected chi connectivity index (χ4v) is 1.30. The minimum absolute atomic E-state index is 0.917. The second-order valence-corrected chi connectivity index (χ2v) is 3.09. The summed E-state index contributed by atoms with van der Waals surface area (Å²) in [5.74, 6) is 0. The van der Waals surface area contributed by atoms with Crippen LogP contribution in [0.1, 0.15) is 0 Å².